The third-order valence-corrected chi connectivity index (χ3v) is 9.31. The molecule has 1 fully saturated rings. The molecular formula is C37H38N2O8S. The van der Waals surface area contributed by atoms with Crippen molar-refractivity contribution in [3.63, 3.8) is 0 Å². The maximum Gasteiger partial charge on any atom is 0.338 e. The average Bonchev–Trinajstić information content (AvgIpc) is 3.10. The van der Waals surface area contributed by atoms with Crippen LogP contribution in [-0.4, -0.2) is 50.0 Å². The number of hydrogen-bond acceptors (Lipinski definition) is 8. The molecule has 2 heterocycles. The second-order valence-electron chi connectivity index (χ2n) is 11.6. The van der Waals surface area contributed by atoms with Gasteiger partial charge in [0.15, 0.2) is 6.29 Å². The number of nitrogens with zero attached hydrogens (tertiary/aromatic N) is 1. The highest BCUT2D eigenvalue weighted by Crippen LogP contribution is 2.43. The largest absolute Gasteiger partial charge is 0.481 e. The van der Waals surface area contributed by atoms with Crippen LogP contribution in [0.25, 0.3) is 11.1 Å². The van der Waals surface area contributed by atoms with Gasteiger partial charge in [0.1, 0.15) is 5.03 Å². The van der Waals surface area contributed by atoms with E-state index in [4.69, 9.17) is 14.6 Å². The van der Waals surface area contributed by atoms with Crippen molar-refractivity contribution in [1.82, 2.24) is 10.3 Å². The molecular weight excluding hydrogens is 632 g/mol. The maximum absolute atomic E-state index is 12.2. The summed E-state index contributed by atoms with van der Waals surface area (Å²) in [6.07, 6.45) is 0.612. The van der Waals surface area contributed by atoms with Crippen LogP contribution in [0.2, 0.25) is 0 Å². The number of aliphatic hydroxyl groups is 1. The van der Waals surface area contributed by atoms with Gasteiger partial charge in [0.2, 0.25) is 5.91 Å². The SMILES string of the molecule is C[C@@H]1[C@H](CSc2ncccc2C(=O)O)O[C@H](c2cccc(-c3cccc(CNC(=O)CCCC(=O)O)c3)c2)O[C@@H]1c1ccc(CO)cc1. The van der Waals surface area contributed by atoms with Crippen LogP contribution in [0.3, 0.4) is 0 Å². The summed E-state index contributed by atoms with van der Waals surface area (Å²) in [6, 6.07) is 26.5. The lowest BCUT2D eigenvalue weighted by Gasteiger charge is -2.41. The molecule has 0 aliphatic carbocycles. The zero-order valence-corrected chi connectivity index (χ0v) is 27.3. The molecule has 3 aromatic carbocycles. The van der Waals surface area contributed by atoms with Crippen LogP contribution in [0.1, 0.15) is 71.2 Å². The van der Waals surface area contributed by atoms with Gasteiger partial charge in [-0.15, -0.1) is 11.8 Å². The standard InChI is InChI=1S/C37H38N2O8S/c1-23-31(22-48-35-30(36(44)45)10-5-17-38-35)46-37(47-34(23)26-15-13-24(21-40)14-16-26)29-9-3-8-28(19-29)27-7-2-6-25(18-27)20-39-32(41)11-4-12-33(42)43/h2-3,5-10,13-19,23,31,34,37,40H,4,11-12,20-22H2,1H3,(H,39,41)(H,42,43)(H,44,45)/t23-,31+,34+,37+/m1/s1. The minimum Gasteiger partial charge on any atom is -0.481 e. The minimum absolute atomic E-state index is 0.0429. The molecule has 1 aliphatic heterocycles. The number of carbonyl (C=O) groups is 3. The molecule has 4 atom stereocenters. The van der Waals surface area contributed by atoms with Gasteiger partial charge in [0.25, 0.3) is 0 Å². The summed E-state index contributed by atoms with van der Waals surface area (Å²) in [7, 11) is 0. The van der Waals surface area contributed by atoms with Crippen molar-refractivity contribution in [2.24, 2.45) is 5.92 Å². The van der Waals surface area contributed by atoms with E-state index in [0.29, 0.717) is 23.7 Å². The molecule has 0 spiro atoms. The van der Waals surface area contributed by atoms with Crippen LogP contribution >= 0.6 is 11.8 Å². The number of hydrogen-bond donors (Lipinski definition) is 4. The monoisotopic (exact) mass is 670 g/mol. The fraction of sp³-hybridized carbons (Fsp3) is 0.297. The fourth-order valence-electron chi connectivity index (χ4n) is 5.55. The minimum atomic E-state index is -1.04. The number of rotatable bonds is 14. The van der Waals surface area contributed by atoms with E-state index in [0.717, 1.165) is 33.4 Å². The number of aromatic nitrogens is 1. The number of carboxylic acid groups (broad SMARTS) is 2. The summed E-state index contributed by atoms with van der Waals surface area (Å²) in [6.45, 7) is 2.31. The summed E-state index contributed by atoms with van der Waals surface area (Å²) in [5.74, 6) is -1.79. The average molecular weight is 671 g/mol. The first kappa shape index (κ1) is 34.8. The number of ether oxygens (including phenoxy) is 2. The lowest BCUT2D eigenvalue weighted by Crippen LogP contribution is -2.38. The summed E-state index contributed by atoms with van der Waals surface area (Å²) < 4.78 is 13.2. The van der Waals surface area contributed by atoms with Crippen LogP contribution < -0.4 is 5.32 Å². The molecule has 0 unspecified atom stereocenters. The molecule has 1 aliphatic rings. The molecule has 10 nitrogen and oxygen atoms in total. The second-order valence-corrected chi connectivity index (χ2v) is 12.7. The Bertz CT molecular complexity index is 1730. The quantitative estimate of drug-likeness (QED) is 0.111. The number of aliphatic carboxylic acids is 1. The summed E-state index contributed by atoms with van der Waals surface area (Å²) in [5, 5.41) is 31.3. The number of pyridine rings is 1. The number of nitrogens with one attached hydrogen (secondary N) is 1. The molecule has 4 N–H and O–H groups in total. The summed E-state index contributed by atoms with van der Waals surface area (Å²) in [5.41, 5.74) is 5.48. The highest BCUT2D eigenvalue weighted by Gasteiger charge is 2.38. The smallest absolute Gasteiger partial charge is 0.338 e. The van der Waals surface area contributed by atoms with E-state index < -0.39 is 18.2 Å². The lowest BCUT2D eigenvalue weighted by atomic mass is 9.91. The number of thioether (sulfide) groups is 1. The van der Waals surface area contributed by atoms with Gasteiger partial charge in [-0.25, -0.2) is 9.78 Å². The number of benzene rings is 3. The van der Waals surface area contributed by atoms with E-state index >= 15 is 0 Å². The van der Waals surface area contributed by atoms with Gasteiger partial charge in [-0.3, -0.25) is 9.59 Å². The van der Waals surface area contributed by atoms with Gasteiger partial charge in [-0.2, -0.15) is 0 Å². The molecule has 1 saturated heterocycles. The van der Waals surface area contributed by atoms with E-state index in [2.05, 4.69) is 17.2 Å². The van der Waals surface area contributed by atoms with Crippen LogP contribution in [-0.2, 0) is 32.2 Å². The molecule has 48 heavy (non-hydrogen) atoms. The van der Waals surface area contributed by atoms with Gasteiger partial charge < -0.3 is 30.1 Å². The topological polar surface area (TPSA) is 155 Å². The Balaban J connectivity index is 1.35. The normalized spacial score (nSPS) is 19.0. The summed E-state index contributed by atoms with van der Waals surface area (Å²) >= 11 is 1.34. The Kier molecular flexibility index (Phi) is 12.0. The molecule has 5 rings (SSSR count). The van der Waals surface area contributed by atoms with E-state index in [9.17, 15) is 24.6 Å². The molecule has 4 aromatic rings. The Morgan fingerprint density at radius 3 is 2.33 bits per heavy atom. The predicted molar refractivity (Wildman–Crippen MR) is 180 cm³/mol. The Morgan fingerprint density at radius 1 is 0.854 bits per heavy atom. The third kappa shape index (κ3) is 9.07. The van der Waals surface area contributed by atoms with Crippen molar-refractivity contribution in [1.29, 1.82) is 0 Å². The van der Waals surface area contributed by atoms with E-state index in [1.165, 1.54) is 17.8 Å². The predicted octanol–water partition coefficient (Wildman–Crippen LogP) is 6.39. The van der Waals surface area contributed by atoms with Crippen LogP contribution in [0.15, 0.2) is 96.2 Å². The van der Waals surface area contributed by atoms with Gasteiger partial charge in [0.05, 0.1) is 24.4 Å². The number of aliphatic hydroxyl groups excluding tert-OH is 1. The Morgan fingerprint density at radius 2 is 1.60 bits per heavy atom. The third-order valence-electron chi connectivity index (χ3n) is 8.21. The van der Waals surface area contributed by atoms with Crippen LogP contribution in [0.4, 0.5) is 0 Å². The molecule has 250 valence electrons. The van der Waals surface area contributed by atoms with Crippen molar-refractivity contribution < 1.29 is 39.2 Å². The number of aromatic carboxylic acids is 1. The maximum atomic E-state index is 12.2. The van der Waals surface area contributed by atoms with Crippen LogP contribution in [0, 0.1) is 5.92 Å². The van der Waals surface area contributed by atoms with Gasteiger partial charge in [-0.05, 0) is 58.5 Å². The number of carboxylic acids is 2. The van der Waals surface area contributed by atoms with Gasteiger partial charge >= 0.3 is 11.9 Å². The molecule has 0 radical (unpaired) electrons. The molecule has 1 amide bonds. The highest BCUT2D eigenvalue weighted by atomic mass is 32.2. The highest BCUT2D eigenvalue weighted by molar-refractivity contribution is 7.99. The second kappa shape index (κ2) is 16.5. The van der Waals surface area contributed by atoms with Gasteiger partial charge in [0, 0.05) is 42.8 Å². The Labute approximate surface area is 283 Å². The summed E-state index contributed by atoms with van der Waals surface area (Å²) in [4.78, 5) is 39.0. The van der Waals surface area contributed by atoms with Crippen molar-refractivity contribution in [2.75, 3.05) is 5.75 Å². The number of amides is 1. The van der Waals surface area contributed by atoms with E-state index in [-0.39, 0.29) is 49.0 Å². The molecule has 1 aromatic heterocycles. The molecule has 0 bridgehead atoms. The van der Waals surface area contributed by atoms with Crippen molar-refractivity contribution in [3.8, 4) is 11.1 Å². The molecule has 11 heteroatoms. The zero-order valence-electron chi connectivity index (χ0n) is 26.5. The van der Waals surface area contributed by atoms with E-state index in [1.807, 2.05) is 72.8 Å². The van der Waals surface area contributed by atoms with Crippen molar-refractivity contribution in [3.05, 3.63) is 119 Å². The van der Waals surface area contributed by atoms with E-state index in [1.54, 1.807) is 12.3 Å². The fourth-order valence-corrected chi connectivity index (χ4v) is 6.70. The first-order chi connectivity index (χ1) is 23.2. The molecule has 0 saturated carbocycles. The lowest BCUT2D eigenvalue weighted by molar-refractivity contribution is -0.268. The first-order valence-corrected chi connectivity index (χ1v) is 16.7. The zero-order chi connectivity index (χ0) is 34.0. The van der Waals surface area contributed by atoms with Crippen molar-refractivity contribution >= 4 is 29.6 Å². The Hall–Kier alpha value is -4.55. The van der Waals surface area contributed by atoms with Gasteiger partial charge in [-0.1, -0.05) is 67.6 Å². The first-order valence-electron chi connectivity index (χ1n) is 15.7. The van der Waals surface area contributed by atoms with Crippen molar-refractivity contribution in [2.45, 2.75) is 62.9 Å². The van der Waals surface area contributed by atoms with Crippen LogP contribution in [0.5, 0.6) is 0 Å². The number of carbonyl (C=O) groups excluding carboxylic acids is 1.